The molecule has 3 heterocycles. The van der Waals surface area contributed by atoms with Crippen molar-refractivity contribution in [2.24, 2.45) is 0 Å². The Kier molecular flexibility index (Phi) is 3.32. The van der Waals surface area contributed by atoms with Gasteiger partial charge in [0.25, 0.3) is 0 Å². The highest BCUT2D eigenvalue weighted by molar-refractivity contribution is 6.19. The van der Waals surface area contributed by atoms with E-state index in [1.165, 1.54) is 24.7 Å². The van der Waals surface area contributed by atoms with E-state index in [4.69, 9.17) is 8.83 Å². The van der Waals surface area contributed by atoms with Crippen molar-refractivity contribution in [2.75, 3.05) is 0 Å². The lowest BCUT2D eigenvalue weighted by atomic mass is 10.1. The second kappa shape index (κ2) is 5.52. The molecule has 0 aliphatic heterocycles. The van der Waals surface area contributed by atoms with Crippen molar-refractivity contribution < 1.29 is 23.5 Å². The minimum atomic E-state index is -0.559. The topological polar surface area (TPSA) is 85.6 Å². The Morgan fingerprint density at radius 2 is 1.68 bits per heavy atom. The number of hydrogen-bond donors (Lipinski definition) is 1. The fourth-order valence-electron chi connectivity index (χ4n) is 2.86. The van der Waals surface area contributed by atoms with E-state index in [1.807, 2.05) is 13.0 Å². The Hall–Kier alpha value is -3.54. The Bertz CT molecular complexity index is 1080. The van der Waals surface area contributed by atoms with E-state index < -0.39 is 17.6 Å². The van der Waals surface area contributed by atoms with E-state index in [9.17, 15) is 14.7 Å². The fourth-order valence-corrected chi connectivity index (χ4v) is 2.86. The standard InChI is InChI=1S/C19H13NO5/c1-11-6-7-12-13(10-11)20(18(22)15-5-3-9-25-15)19(23)16(12)17(21)14-4-2-8-24-14/h2-10,23H,1H3. The van der Waals surface area contributed by atoms with Gasteiger partial charge in [0.05, 0.1) is 23.6 Å². The van der Waals surface area contributed by atoms with Crippen LogP contribution in [0.15, 0.2) is 63.8 Å². The number of nitrogens with zero attached hydrogens (tertiary/aromatic N) is 1. The second-order valence-electron chi connectivity index (χ2n) is 5.64. The molecule has 3 aromatic heterocycles. The molecule has 4 aromatic rings. The summed E-state index contributed by atoms with van der Waals surface area (Å²) in [6.45, 7) is 1.86. The van der Waals surface area contributed by atoms with Gasteiger partial charge in [0, 0.05) is 5.39 Å². The zero-order valence-electron chi connectivity index (χ0n) is 13.2. The molecule has 124 valence electrons. The third kappa shape index (κ3) is 2.27. The van der Waals surface area contributed by atoms with Crippen molar-refractivity contribution >= 4 is 22.6 Å². The van der Waals surface area contributed by atoms with Crippen LogP contribution in [0.25, 0.3) is 10.9 Å². The second-order valence-corrected chi connectivity index (χ2v) is 5.64. The molecule has 0 radical (unpaired) electrons. The van der Waals surface area contributed by atoms with Crippen LogP contribution in [0.1, 0.15) is 32.2 Å². The maximum atomic E-state index is 12.8. The van der Waals surface area contributed by atoms with Gasteiger partial charge >= 0.3 is 5.91 Å². The number of rotatable bonds is 3. The third-order valence-electron chi connectivity index (χ3n) is 4.01. The molecule has 0 spiro atoms. The van der Waals surface area contributed by atoms with Gasteiger partial charge < -0.3 is 13.9 Å². The minimum absolute atomic E-state index is 0.0184. The van der Waals surface area contributed by atoms with E-state index >= 15 is 0 Å². The van der Waals surface area contributed by atoms with Gasteiger partial charge in [-0.2, -0.15) is 0 Å². The van der Waals surface area contributed by atoms with E-state index in [0.717, 1.165) is 10.1 Å². The fraction of sp³-hybridized carbons (Fsp3) is 0.0526. The van der Waals surface area contributed by atoms with Crippen LogP contribution in [0, 0.1) is 6.92 Å². The number of fused-ring (bicyclic) bond motifs is 1. The largest absolute Gasteiger partial charge is 0.494 e. The van der Waals surface area contributed by atoms with E-state index in [2.05, 4.69) is 0 Å². The normalized spacial score (nSPS) is 11.1. The molecular formula is C19H13NO5. The van der Waals surface area contributed by atoms with Gasteiger partial charge in [0.2, 0.25) is 11.7 Å². The number of aromatic hydroxyl groups is 1. The quantitative estimate of drug-likeness (QED) is 0.576. The Morgan fingerprint density at radius 3 is 2.32 bits per heavy atom. The van der Waals surface area contributed by atoms with E-state index in [-0.39, 0.29) is 17.1 Å². The van der Waals surface area contributed by atoms with Crippen LogP contribution >= 0.6 is 0 Å². The van der Waals surface area contributed by atoms with E-state index in [1.54, 1.807) is 24.3 Å². The summed E-state index contributed by atoms with van der Waals surface area (Å²) in [6.07, 6.45) is 2.75. The number of benzene rings is 1. The van der Waals surface area contributed by atoms with Crippen molar-refractivity contribution in [3.8, 4) is 5.88 Å². The molecule has 0 aliphatic carbocycles. The summed E-state index contributed by atoms with van der Waals surface area (Å²) in [7, 11) is 0. The molecule has 25 heavy (non-hydrogen) atoms. The summed E-state index contributed by atoms with van der Waals surface area (Å²) in [5, 5.41) is 11.1. The number of aryl methyl sites for hydroxylation is 1. The van der Waals surface area contributed by atoms with Crippen molar-refractivity contribution in [2.45, 2.75) is 6.92 Å². The third-order valence-corrected chi connectivity index (χ3v) is 4.01. The summed E-state index contributed by atoms with van der Waals surface area (Å²) in [5.74, 6) is -1.35. The molecular weight excluding hydrogens is 322 g/mol. The highest BCUT2D eigenvalue weighted by Crippen LogP contribution is 2.34. The summed E-state index contributed by atoms with van der Waals surface area (Å²) in [5.41, 5.74) is 1.33. The predicted octanol–water partition coefficient (Wildman–Crippen LogP) is 3.76. The molecule has 0 amide bonds. The number of hydrogen-bond acceptors (Lipinski definition) is 5. The molecule has 0 aliphatic rings. The van der Waals surface area contributed by atoms with Gasteiger partial charge in [-0.1, -0.05) is 12.1 Å². The van der Waals surface area contributed by atoms with Gasteiger partial charge in [0.15, 0.2) is 11.5 Å². The molecule has 0 saturated heterocycles. The molecule has 0 fully saturated rings. The smallest absolute Gasteiger partial charge is 0.300 e. The van der Waals surface area contributed by atoms with Crippen LogP contribution in [-0.4, -0.2) is 21.4 Å². The van der Waals surface area contributed by atoms with Gasteiger partial charge in [-0.05, 0) is 42.8 Å². The van der Waals surface area contributed by atoms with Gasteiger partial charge in [-0.15, -0.1) is 0 Å². The summed E-state index contributed by atoms with van der Waals surface area (Å²) >= 11 is 0. The molecule has 4 rings (SSSR count). The van der Waals surface area contributed by atoms with Crippen LogP contribution in [0.4, 0.5) is 0 Å². The average Bonchev–Trinajstić information content (AvgIpc) is 3.34. The van der Waals surface area contributed by atoms with Gasteiger partial charge in [-0.25, -0.2) is 4.57 Å². The molecule has 0 atom stereocenters. The number of furan rings is 2. The SMILES string of the molecule is Cc1ccc2c(C(=O)c3ccco3)c(O)n(C(=O)c3ccco3)c2c1. The van der Waals surface area contributed by atoms with Crippen LogP contribution < -0.4 is 0 Å². The molecule has 6 heteroatoms. The van der Waals surface area contributed by atoms with Gasteiger partial charge in [-0.3, -0.25) is 9.59 Å². The lowest BCUT2D eigenvalue weighted by Gasteiger charge is -2.04. The Balaban J connectivity index is 2.00. The van der Waals surface area contributed by atoms with Crippen LogP contribution in [0.3, 0.4) is 0 Å². The molecule has 1 aromatic carbocycles. The number of carbonyl (C=O) groups excluding carboxylic acids is 2. The molecule has 1 N–H and O–H groups in total. The summed E-state index contributed by atoms with van der Waals surface area (Å²) in [6, 6.07) is 11.4. The average molecular weight is 335 g/mol. The first-order valence-electron chi connectivity index (χ1n) is 7.58. The molecule has 0 saturated carbocycles. The van der Waals surface area contributed by atoms with Crippen molar-refractivity contribution in [1.82, 2.24) is 4.57 Å². The highest BCUT2D eigenvalue weighted by Gasteiger charge is 2.28. The first-order chi connectivity index (χ1) is 12.1. The highest BCUT2D eigenvalue weighted by atomic mass is 16.3. The summed E-state index contributed by atoms with van der Waals surface area (Å²) < 4.78 is 11.4. The first kappa shape index (κ1) is 15.0. The lowest BCUT2D eigenvalue weighted by Crippen LogP contribution is -2.11. The molecule has 0 unspecified atom stereocenters. The molecule has 6 nitrogen and oxygen atoms in total. The van der Waals surface area contributed by atoms with Crippen molar-refractivity contribution in [3.05, 3.63) is 77.6 Å². The number of ketones is 1. The predicted molar refractivity (Wildman–Crippen MR) is 88.9 cm³/mol. The lowest BCUT2D eigenvalue weighted by molar-refractivity contribution is 0.0928. The first-order valence-corrected chi connectivity index (χ1v) is 7.58. The number of carbonyl (C=O) groups is 2. The summed E-state index contributed by atoms with van der Waals surface area (Å²) in [4.78, 5) is 25.5. The maximum absolute atomic E-state index is 12.8. The van der Waals surface area contributed by atoms with E-state index in [0.29, 0.717) is 10.9 Å². The zero-order chi connectivity index (χ0) is 17.6. The Labute approximate surface area is 141 Å². The monoisotopic (exact) mass is 335 g/mol. The van der Waals surface area contributed by atoms with Crippen LogP contribution in [0.5, 0.6) is 5.88 Å². The van der Waals surface area contributed by atoms with Crippen LogP contribution in [0.2, 0.25) is 0 Å². The maximum Gasteiger partial charge on any atom is 0.300 e. The van der Waals surface area contributed by atoms with Crippen molar-refractivity contribution in [3.63, 3.8) is 0 Å². The van der Waals surface area contributed by atoms with Gasteiger partial charge in [0.1, 0.15) is 0 Å². The Morgan fingerprint density at radius 1 is 1.00 bits per heavy atom. The number of aromatic nitrogens is 1. The minimum Gasteiger partial charge on any atom is -0.494 e. The van der Waals surface area contributed by atoms with Crippen molar-refractivity contribution in [1.29, 1.82) is 0 Å². The zero-order valence-corrected chi connectivity index (χ0v) is 13.2. The molecule has 0 bridgehead atoms. The van der Waals surface area contributed by atoms with Crippen LogP contribution in [-0.2, 0) is 0 Å².